The maximum atomic E-state index is 13.3. The van der Waals surface area contributed by atoms with Gasteiger partial charge in [-0.25, -0.2) is 14.0 Å². The number of carbonyl (C=O) groups is 2. The van der Waals surface area contributed by atoms with E-state index in [0.29, 0.717) is 29.9 Å². The van der Waals surface area contributed by atoms with Crippen molar-refractivity contribution in [1.29, 1.82) is 0 Å². The van der Waals surface area contributed by atoms with E-state index in [1.54, 1.807) is 12.1 Å². The van der Waals surface area contributed by atoms with Gasteiger partial charge in [0.1, 0.15) is 5.82 Å². The van der Waals surface area contributed by atoms with E-state index in [1.165, 1.54) is 19.2 Å². The smallest absolute Gasteiger partial charge is 0.338 e. The number of rotatable bonds is 6. The molecule has 0 radical (unpaired) electrons. The van der Waals surface area contributed by atoms with Crippen LogP contribution in [0.1, 0.15) is 17.2 Å². The first-order valence-electron chi connectivity index (χ1n) is 8.84. The topological polar surface area (TPSA) is 70.7 Å². The molecule has 146 valence electrons. The summed E-state index contributed by atoms with van der Waals surface area (Å²) in [7, 11) is 3.19. The predicted molar refractivity (Wildman–Crippen MR) is 103 cm³/mol. The molecule has 2 N–H and O–H groups in total. The third kappa shape index (κ3) is 4.55. The molecule has 7 heteroatoms. The van der Waals surface area contributed by atoms with Gasteiger partial charge in [-0.05, 0) is 30.3 Å². The second-order valence-corrected chi connectivity index (χ2v) is 6.62. The predicted octanol–water partition coefficient (Wildman–Crippen LogP) is 2.74. The van der Waals surface area contributed by atoms with Gasteiger partial charge in [0.15, 0.2) is 0 Å². The van der Waals surface area contributed by atoms with Crippen molar-refractivity contribution in [2.24, 2.45) is 0 Å². The van der Waals surface area contributed by atoms with Gasteiger partial charge in [0.25, 0.3) is 0 Å². The summed E-state index contributed by atoms with van der Waals surface area (Å²) in [6, 6.07) is 14.4. The highest BCUT2D eigenvalue weighted by molar-refractivity contribution is 5.95. The van der Waals surface area contributed by atoms with Gasteiger partial charge in [0, 0.05) is 18.8 Å². The first-order chi connectivity index (χ1) is 13.5. The van der Waals surface area contributed by atoms with Crippen molar-refractivity contribution >= 4 is 12.0 Å². The quantitative estimate of drug-likeness (QED) is 0.753. The second kappa shape index (κ2) is 8.67. The molecule has 1 atom stereocenters. The van der Waals surface area contributed by atoms with Crippen molar-refractivity contribution in [3.05, 3.63) is 82.8 Å². The van der Waals surface area contributed by atoms with Crippen molar-refractivity contribution in [3.8, 4) is 0 Å². The maximum absolute atomic E-state index is 13.3. The fraction of sp³-hybridized carbons (Fsp3) is 0.238. The number of amides is 2. The summed E-state index contributed by atoms with van der Waals surface area (Å²) in [6.45, 7) is 0.980. The minimum atomic E-state index is -0.720. The van der Waals surface area contributed by atoms with Crippen LogP contribution in [-0.4, -0.2) is 37.6 Å². The van der Waals surface area contributed by atoms with Crippen LogP contribution in [0.4, 0.5) is 9.18 Å². The van der Waals surface area contributed by atoms with Gasteiger partial charge < -0.3 is 15.4 Å². The third-order valence-corrected chi connectivity index (χ3v) is 4.49. The molecule has 0 aromatic heterocycles. The molecular formula is C21H22FN3O3. The van der Waals surface area contributed by atoms with Crippen molar-refractivity contribution in [2.75, 3.05) is 20.7 Å². The molecule has 1 unspecified atom stereocenters. The van der Waals surface area contributed by atoms with Crippen molar-refractivity contribution in [2.45, 2.75) is 12.6 Å². The summed E-state index contributed by atoms with van der Waals surface area (Å²) in [5, 5.41) is 5.44. The van der Waals surface area contributed by atoms with Crippen LogP contribution in [0.15, 0.2) is 65.9 Å². The van der Waals surface area contributed by atoms with Gasteiger partial charge in [-0.15, -0.1) is 0 Å². The summed E-state index contributed by atoms with van der Waals surface area (Å²) in [6.07, 6.45) is 0. The number of nitrogens with zero attached hydrogens (tertiary/aromatic N) is 1. The van der Waals surface area contributed by atoms with E-state index < -0.39 is 23.9 Å². The van der Waals surface area contributed by atoms with E-state index in [1.807, 2.05) is 42.3 Å². The molecule has 2 aromatic carbocycles. The lowest BCUT2D eigenvalue weighted by atomic mass is 9.95. The molecular weight excluding hydrogens is 361 g/mol. The summed E-state index contributed by atoms with van der Waals surface area (Å²) < 4.78 is 18.2. The number of likely N-dealkylation sites (N-methyl/N-ethyl adjacent to an activating group) is 1. The number of hydrogen-bond donors (Lipinski definition) is 2. The summed E-state index contributed by atoms with van der Waals surface area (Å²) in [5.41, 5.74) is 2.47. The van der Waals surface area contributed by atoms with Crippen LogP contribution in [0.25, 0.3) is 0 Å². The lowest BCUT2D eigenvalue weighted by Gasteiger charge is -2.31. The van der Waals surface area contributed by atoms with E-state index in [2.05, 4.69) is 10.6 Å². The van der Waals surface area contributed by atoms with Crippen molar-refractivity contribution < 1.29 is 18.7 Å². The fourth-order valence-electron chi connectivity index (χ4n) is 3.22. The number of urea groups is 1. The monoisotopic (exact) mass is 383 g/mol. The molecule has 2 aromatic rings. The summed E-state index contributed by atoms with van der Waals surface area (Å²) in [5.74, 6) is -0.944. The zero-order chi connectivity index (χ0) is 20.1. The maximum Gasteiger partial charge on any atom is 0.338 e. The van der Waals surface area contributed by atoms with Crippen LogP contribution in [0.3, 0.4) is 0 Å². The molecule has 0 saturated carbocycles. The molecule has 1 aliphatic heterocycles. The molecule has 1 heterocycles. The number of methoxy groups -OCH3 is 1. The molecule has 0 aliphatic carbocycles. The molecule has 2 amide bonds. The van der Waals surface area contributed by atoms with Crippen LogP contribution >= 0.6 is 0 Å². The van der Waals surface area contributed by atoms with E-state index in [0.717, 1.165) is 5.56 Å². The molecule has 0 fully saturated rings. The SMILES string of the molecule is COC(=O)C1=C(CN(C)Cc2ccccc2)NC(=O)NC1c1ccc(F)cc1. The van der Waals surface area contributed by atoms with Crippen molar-refractivity contribution in [3.63, 3.8) is 0 Å². The Morgan fingerprint density at radius 2 is 1.79 bits per heavy atom. The van der Waals surface area contributed by atoms with Crippen LogP contribution in [0, 0.1) is 5.82 Å². The standard InChI is InChI=1S/C21H22FN3O3/c1-25(12-14-6-4-3-5-7-14)13-17-18(20(26)28-2)19(24-21(27)23-17)15-8-10-16(22)11-9-15/h3-11,19H,12-13H2,1-2H3,(H2,23,24,27). The Kier molecular flexibility index (Phi) is 6.06. The van der Waals surface area contributed by atoms with Gasteiger partial charge >= 0.3 is 12.0 Å². The fourth-order valence-corrected chi connectivity index (χ4v) is 3.22. The number of esters is 1. The second-order valence-electron chi connectivity index (χ2n) is 6.62. The lowest BCUT2D eigenvalue weighted by Crippen LogP contribution is -2.48. The molecule has 0 bridgehead atoms. The van der Waals surface area contributed by atoms with Gasteiger partial charge in [0.05, 0.1) is 18.7 Å². The number of hydrogen-bond acceptors (Lipinski definition) is 4. The number of halogens is 1. The van der Waals surface area contributed by atoms with Crippen LogP contribution in [0.5, 0.6) is 0 Å². The normalized spacial score (nSPS) is 16.6. The zero-order valence-electron chi connectivity index (χ0n) is 15.7. The Labute approximate surface area is 163 Å². The highest BCUT2D eigenvalue weighted by Crippen LogP contribution is 2.28. The Morgan fingerprint density at radius 3 is 2.43 bits per heavy atom. The van der Waals surface area contributed by atoms with E-state index >= 15 is 0 Å². The molecule has 0 spiro atoms. The Hall–Kier alpha value is -3.19. The highest BCUT2D eigenvalue weighted by Gasteiger charge is 2.33. The summed E-state index contributed by atoms with van der Waals surface area (Å²) in [4.78, 5) is 26.7. The zero-order valence-corrected chi connectivity index (χ0v) is 15.7. The van der Waals surface area contributed by atoms with Crippen molar-refractivity contribution in [1.82, 2.24) is 15.5 Å². The van der Waals surface area contributed by atoms with E-state index in [4.69, 9.17) is 4.74 Å². The number of benzene rings is 2. The minimum absolute atomic E-state index is 0.300. The third-order valence-electron chi connectivity index (χ3n) is 4.49. The summed E-state index contributed by atoms with van der Waals surface area (Å²) >= 11 is 0. The van der Waals surface area contributed by atoms with Crippen LogP contribution in [0.2, 0.25) is 0 Å². The number of nitrogens with one attached hydrogen (secondary N) is 2. The first kappa shape index (κ1) is 19.6. The largest absolute Gasteiger partial charge is 0.466 e. The van der Waals surface area contributed by atoms with Gasteiger partial charge in [-0.2, -0.15) is 0 Å². The highest BCUT2D eigenvalue weighted by atomic mass is 19.1. The molecule has 28 heavy (non-hydrogen) atoms. The number of ether oxygens (including phenoxy) is 1. The van der Waals surface area contributed by atoms with Gasteiger partial charge in [-0.3, -0.25) is 4.90 Å². The van der Waals surface area contributed by atoms with E-state index in [-0.39, 0.29) is 0 Å². The molecule has 0 saturated heterocycles. The van der Waals surface area contributed by atoms with Gasteiger partial charge in [-0.1, -0.05) is 42.5 Å². The molecule has 6 nitrogen and oxygen atoms in total. The van der Waals surface area contributed by atoms with Crippen LogP contribution in [-0.2, 0) is 16.1 Å². The van der Waals surface area contributed by atoms with E-state index in [9.17, 15) is 14.0 Å². The average molecular weight is 383 g/mol. The molecule has 1 aliphatic rings. The number of carbonyl (C=O) groups excluding carboxylic acids is 2. The van der Waals surface area contributed by atoms with Gasteiger partial charge in [0.2, 0.25) is 0 Å². The lowest BCUT2D eigenvalue weighted by molar-refractivity contribution is -0.136. The Bertz CT molecular complexity index is 882. The molecule has 3 rings (SSSR count). The average Bonchev–Trinajstić information content (AvgIpc) is 2.68. The first-order valence-corrected chi connectivity index (χ1v) is 8.84. The Balaban J connectivity index is 1.92. The Morgan fingerprint density at radius 1 is 1.11 bits per heavy atom. The van der Waals surface area contributed by atoms with Crippen LogP contribution < -0.4 is 10.6 Å². The minimum Gasteiger partial charge on any atom is -0.466 e.